The molecule has 0 aromatic carbocycles. The summed E-state index contributed by atoms with van der Waals surface area (Å²) in [5.41, 5.74) is 1.25. The first-order chi connectivity index (χ1) is 7.70. The Balaban J connectivity index is 2.54. The molecule has 16 heavy (non-hydrogen) atoms. The summed E-state index contributed by atoms with van der Waals surface area (Å²) in [4.78, 5) is 0. The monoisotopic (exact) mass is 287 g/mol. The summed E-state index contributed by atoms with van der Waals surface area (Å²) < 4.78 is 3.05. The zero-order chi connectivity index (χ0) is 12.0. The maximum Gasteiger partial charge on any atom is 0.0692 e. The SMILES string of the molecule is CCCCCCC(NC)c1c(Br)cnn1C. The van der Waals surface area contributed by atoms with E-state index in [1.165, 1.54) is 37.8 Å². The highest BCUT2D eigenvalue weighted by molar-refractivity contribution is 9.10. The number of aryl methyl sites for hydroxylation is 1. The van der Waals surface area contributed by atoms with Crippen LogP contribution in [0.4, 0.5) is 0 Å². The summed E-state index contributed by atoms with van der Waals surface area (Å²) in [6.45, 7) is 2.24. The van der Waals surface area contributed by atoms with E-state index >= 15 is 0 Å². The average molecular weight is 288 g/mol. The number of halogens is 1. The summed E-state index contributed by atoms with van der Waals surface area (Å²) in [7, 11) is 4.01. The fourth-order valence-corrected chi connectivity index (χ4v) is 2.63. The van der Waals surface area contributed by atoms with Crippen molar-refractivity contribution in [3.63, 3.8) is 0 Å². The van der Waals surface area contributed by atoms with Crippen molar-refractivity contribution in [1.82, 2.24) is 15.1 Å². The summed E-state index contributed by atoms with van der Waals surface area (Å²) in [6, 6.07) is 0.402. The summed E-state index contributed by atoms with van der Waals surface area (Å²) in [5.74, 6) is 0. The van der Waals surface area contributed by atoms with Crippen molar-refractivity contribution in [3.05, 3.63) is 16.4 Å². The van der Waals surface area contributed by atoms with Crippen LogP contribution in [0.2, 0.25) is 0 Å². The molecular weight excluding hydrogens is 266 g/mol. The van der Waals surface area contributed by atoms with E-state index in [1.807, 2.05) is 25.0 Å². The molecule has 0 amide bonds. The van der Waals surface area contributed by atoms with Crippen LogP contribution in [0, 0.1) is 0 Å². The third kappa shape index (κ3) is 3.59. The van der Waals surface area contributed by atoms with Gasteiger partial charge in [-0.2, -0.15) is 5.10 Å². The molecule has 0 radical (unpaired) electrons. The number of hydrogen-bond acceptors (Lipinski definition) is 2. The van der Waals surface area contributed by atoms with Crippen molar-refractivity contribution in [2.45, 2.75) is 45.1 Å². The Morgan fingerprint density at radius 3 is 2.69 bits per heavy atom. The van der Waals surface area contributed by atoms with E-state index in [0.29, 0.717) is 6.04 Å². The molecule has 0 aliphatic carbocycles. The minimum atomic E-state index is 0.402. The molecule has 1 aromatic rings. The highest BCUT2D eigenvalue weighted by atomic mass is 79.9. The third-order valence-corrected chi connectivity index (χ3v) is 3.57. The Morgan fingerprint density at radius 1 is 1.44 bits per heavy atom. The zero-order valence-electron chi connectivity index (χ0n) is 10.5. The van der Waals surface area contributed by atoms with Gasteiger partial charge in [-0.05, 0) is 29.4 Å². The summed E-state index contributed by atoms with van der Waals surface area (Å²) >= 11 is 3.56. The molecular formula is C12H22BrN3. The molecule has 0 aliphatic heterocycles. The predicted octanol–water partition coefficient (Wildman–Crippen LogP) is 3.41. The van der Waals surface area contributed by atoms with Gasteiger partial charge in [0.05, 0.1) is 22.4 Å². The first-order valence-corrected chi connectivity index (χ1v) is 6.84. The molecule has 0 spiro atoms. The smallest absolute Gasteiger partial charge is 0.0692 e. The highest BCUT2D eigenvalue weighted by Gasteiger charge is 2.16. The molecule has 1 N–H and O–H groups in total. The highest BCUT2D eigenvalue weighted by Crippen LogP contribution is 2.26. The molecule has 0 aliphatic rings. The van der Waals surface area contributed by atoms with Crippen LogP contribution < -0.4 is 5.32 Å². The van der Waals surface area contributed by atoms with Gasteiger partial charge in [0.25, 0.3) is 0 Å². The quantitative estimate of drug-likeness (QED) is 0.779. The fraction of sp³-hybridized carbons (Fsp3) is 0.750. The second-order valence-electron chi connectivity index (χ2n) is 4.19. The van der Waals surface area contributed by atoms with Gasteiger partial charge >= 0.3 is 0 Å². The topological polar surface area (TPSA) is 29.9 Å². The molecule has 1 aromatic heterocycles. The van der Waals surface area contributed by atoms with Gasteiger partial charge in [0.2, 0.25) is 0 Å². The standard InChI is InChI=1S/C12H22BrN3/c1-4-5-6-7-8-11(14-2)12-10(13)9-15-16(12)3/h9,11,14H,4-8H2,1-3H3. The molecule has 0 saturated heterocycles. The van der Waals surface area contributed by atoms with Crippen LogP contribution in [-0.2, 0) is 7.05 Å². The number of aromatic nitrogens is 2. The zero-order valence-corrected chi connectivity index (χ0v) is 12.0. The Morgan fingerprint density at radius 2 is 2.19 bits per heavy atom. The van der Waals surface area contributed by atoms with Crippen LogP contribution in [0.1, 0.15) is 50.8 Å². The molecule has 1 heterocycles. The molecule has 0 bridgehead atoms. The van der Waals surface area contributed by atoms with Crippen LogP contribution in [0.15, 0.2) is 10.7 Å². The maximum atomic E-state index is 4.26. The van der Waals surface area contributed by atoms with Gasteiger partial charge in [-0.3, -0.25) is 4.68 Å². The lowest BCUT2D eigenvalue weighted by molar-refractivity contribution is 0.474. The average Bonchev–Trinajstić information content (AvgIpc) is 2.60. The van der Waals surface area contributed by atoms with Gasteiger partial charge in [0.1, 0.15) is 0 Å². The van der Waals surface area contributed by atoms with E-state index in [-0.39, 0.29) is 0 Å². The van der Waals surface area contributed by atoms with Crippen LogP contribution >= 0.6 is 15.9 Å². The lowest BCUT2D eigenvalue weighted by atomic mass is 10.0. The number of nitrogens with one attached hydrogen (secondary N) is 1. The van der Waals surface area contributed by atoms with Gasteiger partial charge in [-0.1, -0.05) is 32.6 Å². The minimum absolute atomic E-state index is 0.402. The normalized spacial score (nSPS) is 13.0. The summed E-state index contributed by atoms with van der Waals surface area (Å²) in [6.07, 6.45) is 8.27. The van der Waals surface area contributed by atoms with Gasteiger partial charge in [0, 0.05) is 7.05 Å². The van der Waals surface area contributed by atoms with E-state index in [1.54, 1.807) is 0 Å². The molecule has 1 atom stereocenters. The van der Waals surface area contributed by atoms with Gasteiger partial charge in [0.15, 0.2) is 0 Å². The molecule has 1 unspecified atom stereocenters. The lowest BCUT2D eigenvalue weighted by Crippen LogP contribution is -2.19. The Labute approximate surface area is 107 Å². The van der Waals surface area contributed by atoms with E-state index in [4.69, 9.17) is 0 Å². The second kappa shape index (κ2) is 7.07. The van der Waals surface area contributed by atoms with Crippen LogP contribution in [0.3, 0.4) is 0 Å². The van der Waals surface area contributed by atoms with Crippen molar-refractivity contribution in [1.29, 1.82) is 0 Å². The van der Waals surface area contributed by atoms with Crippen molar-refractivity contribution >= 4 is 15.9 Å². The fourth-order valence-electron chi connectivity index (χ4n) is 2.01. The first kappa shape index (κ1) is 13.7. The number of nitrogens with zero attached hydrogens (tertiary/aromatic N) is 2. The largest absolute Gasteiger partial charge is 0.312 e. The van der Waals surface area contributed by atoms with Crippen molar-refractivity contribution < 1.29 is 0 Å². The van der Waals surface area contributed by atoms with E-state index < -0.39 is 0 Å². The van der Waals surface area contributed by atoms with Crippen molar-refractivity contribution in [2.75, 3.05) is 7.05 Å². The Kier molecular flexibility index (Phi) is 6.06. The first-order valence-electron chi connectivity index (χ1n) is 6.05. The van der Waals surface area contributed by atoms with Crippen LogP contribution in [0.25, 0.3) is 0 Å². The Hall–Kier alpha value is -0.350. The van der Waals surface area contributed by atoms with Crippen molar-refractivity contribution in [3.8, 4) is 0 Å². The number of rotatable bonds is 7. The van der Waals surface area contributed by atoms with Crippen LogP contribution in [0.5, 0.6) is 0 Å². The summed E-state index contributed by atoms with van der Waals surface area (Å²) in [5, 5.41) is 7.63. The second-order valence-corrected chi connectivity index (χ2v) is 5.05. The number of unbranched alkanes of at least 4 members (excludes halogenated alkanes) is 3. The maximum absolute atomic E-state index is 4.26. The molecule has 0 fully saturated rings. The van der Waals surface area contributed by atoms with Gasteiger partial charge < -0.3 is 5.32 Å². The van der Waals surface area contributed by atoms with Crippen molar-refractivity contribution in [2.24, 2.45) is 7.05 Å². The van der Waals surface area contributed by atoms with Crippen LogP contribution in [-0.4, -0.2) is 16.8 Å². The van der Waals surface area contributed by atoms with E-state index in [9.17, 15) is 0 Å². The minimum Gasteiger partial charge on any atom is -0.312 e. The molecule has 0 saturated carbocycles. The van der Waals surface area contributed by atoms with Gasteiger partial charge in [-0.15, -0.1) is 0 Å². The number of hydrogen-bond donors (Lipinski definition) is 1. The van der Waals surface area contributed by atoms with E-state index in [2.05, 4.69) is 33.3 Å². The molecule has 92 valence electrons. The molecule has 4 heteroatoms. The molecule has 1 rings (SSSR count). The van der Waals surface area contributed by atoms with Gasteiger partial charge in [-0.25, -0.2) is 0 Å². The predicted molar refractivity (Wildman–Crippen MR) is 71.5 cm³/mol. The Bertz CT molecular complexity index is 290. The van der Waals surface area contributed by atoms with E-state index in [0.717, 1.165) is 4.47 Å². The molecule has 3 nitrogen and oxygen atoms in total. The lowest BCUT2D eigenvalue weighted by Gasteiger charge is -2.17. The third-order valence-electron chi connectivity index (χ3n) is 2.96.